The van der Waals surface area contributed by atoms with E-state index in [2.05, 4.69) is 11.6 Å². The van der Waals surface area contributed by atoms with Gasteiger partial charge in [0.2, 0.25) is 0 Å². The molecule has 0 bridgehead atoms. The first-order chi connectivity index (χ1) is 8.15. The lowest BCUT2D eigenvalue weighted by Gasteiger charge is -2.08. The molecule has 1 aromatic carbocycles. The predicted octanol–water partition coefficient (Wildman–Crippen LogP) is 2.45. The van der Waals surface area contributed by atoms with Crippen molar-refractivity contribution in [3.8, 4) is 0 Å². The number of carbonyl (C=O) groups is 1. The zero-order valence-corrected chi connectivity index (χ0v) is 11.3. The van der Waals surface area contributed by atoms with E-state index >= 15 is 0 Å². The van der Waals surface area contributed by atoms with Crippen LogP contribution >= 0.6 is 11.8 Å². The molecule has 0 aromatic heterocycles. The molecular weight excluding hydrogens is 232 g/mol. The van der Waals surface area contributed by atoms with E-state index in [1.807, 2.05) is 24.8 Å². The van der Waals surface area contributed by atoms with E-state index in [0.29, 0.717) is 11.3 Å². The van der Waals surface area contributed by atoms with Crippen LogP contribution in [0.5, 0.6) is 0 Å². The first-order valence-electron chi connectivity index (χ1n) is 5.78. The Morgan fingerprint density at radius 1 is 1.41 bits per heavy atom. The van der Waals surface area contributed by atoms with E-state index in [0.717, 1.165) is 30.7 Å². The van der Waals surface area contributed by atoms with Crippen LogP contribution < -0.4 is 11.1 Å². The monoisotopic (exact) mass is 252 g/mol. The summed E-state index contributed by atoms with van der Waals surface area (Å²) in [5.74, 6) is 1.14. The molecule has 0 aliphatic rings. The summed E-state index contributed by atoms with van der Waals surface area (Å²) in [6.07, 6.45) is 4.26. The number of carbonyl (C=O) groups excluding carboxylic acids is 1. The Bertz CT molecular complexity index is 380. The third-order valence-corrected chi connectivity index (χ3v) is 3.25. The first-order valence-corrected chi connectivity index (χ1v) is 7.18. The lowest BCUT2D eigenvalue weighted by molar-refractivity contribution is 0.0952. The molecule has 0 saturated carbocycles. The van der Waals surface area contributed by atoms with Gasteiger partial charge in [-0.15, -0.1) is 0 Å². The van der Waals surface area contributed by atoms with E-state index in [9.17, 15) is 4.79 Å². The smallest absolute Gasteiger partial charge is 0.251 e. The lowest BCUT2D eigenvalue weighted by Crippen LogP contribution is -2.25. The molecule has 0 saturated heterocycles. The number of thioether (sulfide) groups is 1. The molecule has 3 N–H and O–H groups in total. The number of nitrogen functional groups attached to an aromatic ring is 1. The summed E-state index contributed by atoms with van der Waals surface area (Å²) in [5, 5.41) is 2.93. The van der Waals surface area contributed by atoms with Crippen molar-refractivity contribution in [2.75, 3.05) is 24.3 Å². The zero-order valence-electron chi connectivity index (χ0n) is 10.5. The summed E-state index contributed by atoms with van der Waals surface area (Å²) in [7, 11) is 0. The Morgan fingerprint density at radius 2 is 2.18 bits per heavy atom. The molecule has 0 spiro atoms. The van der Waals surface area contributed by atoms with E-state index < -0.39 is 0 Å². The molecule has 1 rings (SSSR count). The van der Waals surface area contributed by atoms with Gasteiger partial charge < -0.3 is 11.1 Å². The average Bonchev–Trinajstić information content (AvgIpc) is 2.28. The molecule has 1 aromatic rings. The van der Waals surface area contributed by atoms with Gasteiger partial charge in [-0.25, -0.2) is 0 Å². The maximum Gasteiger partial charge on any atom is 0.251 e. The van der Waals surface area contributed by atoms with E-state index in [4.69, 9.17) is 5.73 Å². The Kier molecular flexibility index (Phi) is 5.91. The largest absolute Gasteiger partial charge is 0.399 e. The van der Waals surface area contributed by atoms with Crippen molar-refractivity contribution in [2.24, 2.45) is 0 Å². The van der Waals surface area contributed by atoms with Crippen LogP contribution in [0.3, 0.4) is 0 Å². The van der Waals surface area contributed by atoms with Crippen LogP contribution in [0.25, 0.3) is 0 Å². The van der Waals surface area contributed by atoms with E-state index in [1.54, 1.807) is 12.1 Å². The van der Waals surface area contributed by atoms with Gasteiger partial charge in [-0.2, -0.15) is 11.8 Å². The molecule has 0 atom stereocenters. The van der Waals surface area contributed by atoms with Crippen molar-refractivity contribution in [1.29, 1.82) is 0 Å². The third kappa shape index (κ3) is 4.69. The van der Waals surface area contributed by atoms with Gasteiger partial charge in [-0.05, 0) is 55.5 Å². The summed E-state index contributed by atoms with van der Waals surface area (Å²) < 4.78 is 0. The summed E-state index contributed by atoms with van der Waals surface area (Å²) in [4.78, 5) is 11.9. The van der Waals surface area contributed by atoms with Gasteiger partial charge >= 0.3 is 0 Å². The van der Waals surface area contributed by atoms with E-state index in [-0.39, 0.29) is 5.91 Å². The van der Waals surface area contributed by atoms with Gasteiger partial charge in [0.25, 0.3) is 5.91 Å². The maximum absolute atomic E-state index is 11.9. The second-order valence-electron chi connectivity index (χ2n) is 4.03. The van der Waals surface area contributed by atoms with Crippen LogP contribution in [-0.2, 0) is 0 Å². The number of aryl methyl sites for hydroxylation is 1. The summed E-state index contributed by atoms with van der Waals surface area (Å²) in [6, 6.07) is 5.36. The van der Waals surface area contributed by atoms with Crippen LogP contribution in [0.2, 0.25) is 0 Å². The number of hydrogen-bond donors (Lipinski definition) is 2. The van der Waals surface area contributed by atoms with Gasteiger partial charge in [-0.1, -0.05) is 0 Å². The highest BCUT2D eigenvalue weighted by Gasteiger charge is 2.07. The normalized spacial score (nSPS) is 10.2. The predicted molar refractivity (Wildman–Crippen MR) is 75.5 cm³/mol. The van der Waals surface area contributed by atoms with Crippen LogP contribution in [0.4, 0.5) is 5.69 Å². The number of rotatable bonds is 6. The highest BCUT2D eigenvalue weighted by molar-refractivity contribution is 7.98. The van der Waals surface area contributed by atoms with Crippen LogP contribution in [0.15, 0.2) is 18.2 Å². The van der Waals surface area contributed by atoms with Crippen molar-refractivity contribution in [1.82, 2.24) is 5.32 Å². The number of nitrogens with two attached hydrogens (primary N) is 1. The van der Waals surface area contributed by atoms with Gasteiger partial charge in [0.15, 0.2) is 0 Å². The van der Waals surface area contributed by atoms with Gasteiger partial charge in [0, 0.05) is 17.8 Å². The SMILES string of the molecule is CSCCCCNC(=O)c1ccc(N)cc1C. The number of nitrogens with one attached hydrogen (secondary N) is 1. The molecule has 4 heteroatoms. The maximum atomic E-state index is 11.9. The molecular formula is C13H20N2OS. The fourth-order valence-corrected chi connectivity index (χ4v) is 2.10. The Morgan fingerprint density at radius 3 is 2.82 bits per heavy atom. The molecule has 3 nitrogen and oxygen atoms in total. The topological polar surface area (TPSA) is 55.1 Å². The second-order valence-corrected chi connectivity index (χ2v) is 5.02. The van der Waals surface area contributed by atoms with Gasteiger partial charge in [-0.3, -0.25) is 4.79 Å². The molecule has 0 fully saturated rings. The Labute approximate surface area is 107 Å². The molecule has 0 heterocycles. The molecule has 17 heavy (non-hydrogen) atoms. The van der Waals surface area contributed by atoms with Crippen LogP contribution in [-0.4, -0.2) is 24.5 Å². The van der Waals surface area contributed by atoms with Crippen molar-refractivity contribution in [3.63, 3.8) is 0 Å². The minimum absolute atomic E-state index is 0.00773. The highest BCUT2D eigenvalue weighted by Crippen LogP contribution is 2.12. The molecule has 94 valence electrons. The molecule has 0 aliphatic heterocycles. The number of anilines is 1. The fourth-order valence-electron chi connectivity index (χ4n) is 1.61. The number of hydrogen-bond acceptors (Lipinski definition) is 3. The van der Waals surface area contributed by atoms with E-state index in [1.165, 1.54) is 0 Å². The van der Waals surface area contributed by atoms with Crippen LogP contribution in [0.1, 0.15) is 28.8 Å². The van der Waals surface area contributed by atoms with Crippen molar-refractivity contribution in [2.45, 2.75) is 19.8 Å². The fraction of sp³-hybridized carbons (Fsp3) is 0.462. The Balaban J connectivity index is 2.42. The standard InChI is InChI=1S/C13H20N2OS/c1-10-9-11(14)5-6-12(10)13(16)15-7-3-4-8-17-2/h5-6,9H,3-4,7-8,14H2,1-2H3,(H,15,16). The molecule has 0 aliphatic carbocycles. The van der Waals surface area contributed by atoms with Gasteiger partial charge in [0.1, 0.15) is 0 Å². The number of benzene rings is 1. The second kappa shape index (κ2) is 7.22. The minimum atomic E-state index is -0.00773. The summed E-state index contributed by atoms with van der Waals surface area (Å²) >= 11 is 1.83. The van der Waals surface area contributed by atoms with Gasteiger partial charge in [0.05, 0.1) is 0 Å². The average molecular weight is 252 g/mol. The minimum Gasteiger partial charge on any atom is -0.399 e. The molecule has 0 radical (unpaired) electrons. The zero-order chi connectivity index (χ0) is 12.7. The highest BCUT2D eigenvalue weighted by atomic mass is 32.2. The van der Waals surface area contributed by atoms with Crippen molar-refractivity contribution < 1.29 is 4.79 Å². The van der Waals surface area contributed by atoms with Crippen molar-refractivity contribution in [3.05, 3.63) is 29.3 Å². The lowest BCUT2D eigenvalue weighted by atomic mass is 10.1. The Hall–Kier alpha value is -1.16. The van der Waals surface area contributed by atoms with Crippen molar-refractivity contribution >= 4 is 23.4 Å². The van der Waals surface area contributed by atoms with Crippen LogP contribution in [0, 0.1) is 6.92 Å². The molecule has 1 amide bonds. The molecule has 0 unspecified atom stereocenters. The number of unbranched alkanes of at least 4 members (excludes halogenated alkanes) is 1. The third-order valence-electron chi connectivity index (χ3n) is 2.56. The quantitative estimate of drug-likeness (QED) is 0.604. The number of amides is 1. The summed E-state index contributed by atoms with van der Waals surface area (Å²) in [6.45, 7) is 2.64. The first kappa shape index (κ1) is 13.9. The summed E-state index contributed by atoms with van der Waals surface area (Å²) in [5.41, 5.74) is 7.98.